The van der Waals surface area contributed by atoms with Crippen LogP contribution in [0.2, 0.25) is 0 Å². The molecule has 19 heavy (non-hydrogen) atoms. The average Bonchev–Trinajstić information content (AvgIpc) is 2.69. The molecule has 1 amide bonds. The van der Waals surface area contributed by atoms with E-state index in [0.717, 1.165) is 0 Å². The number of halogens is 3. The summed E-state index contributed by atoms with van der Waals surface area (Å²) >= 11 is 0. The normalized spacial score (nSPS) is 31.9. The lowest BCUT2D eigenvalue weighted by molar-refractivity contribution is -0.233. The highest BCUT2D eigenvalue weighted by Crippen LogP contribution is 2.51. The average molecular weight is 281 g/mol. The van der Waals surface area contributed by atoms with Crippen molar-refractivity contribution in [3.8, 4) is 0 Å². The second kappa shape index (κ2) is 4.26. The van der Waals surface area contributed by atoms with Crippen molar-refractivity contribution in [3.05, 3.63) is 0 Å². The van der Waals surface area contributed by atoms with Gasteiger partial charge in [-0.1, -0.05) is 0 Å². The Labute approximate surface area is 109 Å². The molecular weight excluding hydrogens is 263 g/mol. The van der Waals surface area contributed by atoms with Crippen molar-refractivity contribution in [2.75, 3.05) is 6.54 Å². The predicted molar refractivity (Wildman–Crippen MR) is 60.4 cm³/mol. The summed E-state index contributed by atoms with van der Waals surface area (Å²) in [5.41, 5.74) is -0.678. The number of fused-ring (bicyclic) bond motifs is 1. The van der Waals surface area contributed by atoms with Crippen LogP contribution in [0, 0.1) is 11.8 Å². The van der Waals surface area contributed by atoms with Gasteiger partial charge in [0.2, 0.25) is 0 Å². The second-order valence-corrected chi connectivity index (χ2v) is 6.26. The smallest absolute Gasteiger partial charge is 0.414 e. The fraction of sp³-hybridized carbons (Fsp3) is 0.917. The molecule has 1 N–H and O–H groups in total. The van der Waals surface area contributed by atoms with Gasteiger partial charge in [-0.2, -0.15) is 13.2 Å². The molecule has 0 radical (unpaired) electrons. The third-order valence-electron chi connectivity index (χ3n) is 3.69. The Morgan fingerprint density at radius 2 is 1.95 bits per heavy atom. The Kier molecular flexibility index (Phi) is 3.24. The van der Waals surface area contributed by atoms with Crippen LogP contribution in [0.5, 0.6) is 0 Å². The molecule has 2 saturated heterocycles. The summed E-state index contributed by atoms with van der Waals surface area (Å²) < 4.78 is 42.7. The summed E-state index contributed by atoms with van der Waals surface area (Å²) in [6.07, 6.45) is -7.08. The van der Waals surface area contributed by atoms with Gasteiger partial charge in [-0.05, 0) is 33.1 Å². The van der Waals surface area contributed by atoms with Crippen molar-refractivity contribution < 1.29 is 27.8 Å². The monoisotopic (exact) mass is 281 g/mol. The van der Waals surface area contributed by atoms with Gasteiger partial charge in [0, 0.05) is 18.5 Å². The van der Waals surface area contributed by atoms with Gasteiger partial charge in [0.1, 0.15) is 5.60 Å². The fourth-order valence-electron chi connectivity index (χ4n) is 2.88. The highest BCUT2D eigenvalue weighted by Gasteiger charge is 2.62. The van der Waals surface area contributed by atoms with Crippen LogP contribution < -0.4 is 0 Å². The van der Waals surface area contributed by atoms with Crippen LogP contribution in [0.15, 0.2) is 0 Å². The number of rotatable bonds is 1. The minimum absolute atomic E-state index is 0.234. The molecule has 1 aliphatic carbocycles. The van der Waals surface area contributed by atoms with Gasteiger partial charge in [-0.3, -0.25) is 0 Å². The van der Waals surface area contributed by atoms with E-state index in [1.165, 1.54) is 4.90 Å². The summed E-state index contributed by atoms with van der Waals surface area (Å²) in [5, 5.41) is 9.31. The number of alkyl halides is 3. The minimum atomic E-state index is -4.63. The molecule has 4 atom stereocenters. The maximum Gasteiger partial charge on any atom is 0.414 e. The van der Waals surface area contributed by atoms with Crippen LogP contribution in [0.4, 0.5) is 18.0 Å². The number of carbonyl (C=O) groups is 1. The first kappa shape index (κ1) is 14.4. The van der Waals surface area contributed by atoms with Gasteiger partial charge in [0.15, 0.2) is 6.10 Å². The largest absolute Gasteiger partial charge is 0.444 e. The molecule has 2 aliphatic heterocycles. The highest BCUT2D eigenvalue weighted by atomic mass is 19.4. The van der Waals surface area contributed by atoms with Gasteiger partial charge >= 0.3 is 12.3 Å². The fourth-order valence-corrected chi connectivity index (χ4v) is 2.88. The number of aliphatic hydroxyl groups is 1. The molecule has 0 spiro atoms. The Morgan fingerprint density at radius 3 is 2.42 bits per heavy atom. The van der Waals surface area contributed by atoms with Crippen molar-refractivity contribution in [1.29, 1.82) is 0 Å². The summed E-state index contributed by atoms with van der Waals surface area (Å²) in [6.45, 7) is 5.34. The number of nitrogens with zero attached hydrogens (tertiary/aromatic N) is 1. The quantitative estimate of drug-likeness (QED) is 0.801. The van der Waals surface area contributed by atoms with E-state index in [4.69, 9.17) is 4.74 Å². The summed E-state index contributed by atoms with van der Waals surface area (Å²) in [4.78, 5) is 13.2. The van der Waals surface area contributed by atoms with E-state index in [2.05, 4.69) is 0 Å². The van der Waals surface area contributed by atoms with Gasteiger partial charge in [-0.15, -0.1) is 0 Å². The van der Waals surface area contributed by atoms with Crippen LogP contribution >= 0.6 is 0 Å². The third-order valence-corrected chi connectivity index (χ3v) is 3.69. The number of hydrogen-bond donors (Lipinski definition) is 1. The number of carbonyl (C=O) groups excluding carboxylic acids is 1. The van der Waals surface area contributed by atoms with Gasteiger partial charge < -0.3 is 14.7 Å². The topological polar surface area (TPSA) is 49.8 Å². The molecule has 1 unspecified atom stereocenters. The molecule has 1 saturated carbocycles. The van der Waals surface area contributed by atoms with Crippen LogP contribution in [0.25, 0.3) is 0 Å². The summed E-state index contributed by atoms with van der Waals surface area (Å²) in [5.74, 6) is -1.19. The molecule has 3 fully saturated rings. The van der Waals surface area contributed by atoms with E-state index in [-0.39, 0.29) is 12.5 Å². The van der Waals surface area contributed by atoms with Crippen molar-refractivity contribution in [2.45, 2.75) is 51.1 Å². The minimum Gasteiger partial charge on any atom is -0.444 e. The Hall–Kier alpha value is -0.980. The van der Waals surface area contributed by atoms with E-state index >= 15 is 0 Å². The molecule has 3 aliphatic rings. The Morgan fingerprint density at radius 1 is 1.37 bits per heavy atom. The lowest BCUT2D eigenvalue weighted by Gasteiger charge is -2.40. The van der Waals surface area contributed by atoms with Gasteiger partial charge in [-0.25, -0.2) is 4.79 Å². The van der Waals surface area contributed by atoms with Crippen LogP contribution in [0.3, 0.4) is 0 Å². The zero-order valence-corrected chi connectivity index (χ0v) is 11.1. The SMILES string of the molecule is CC(C)(C)OC(=O)N1C[C@@H]2C[C@H]1C2[C@H](O)C(F)(F)F. The Bertz CT molecular complexity index is 377. The first-order chi connectivity index (χ1) is 8.50. The summed E-state index contributed by atoms with van der Waals surface area (Å²) in [7, 11) is 0. The third kappa shape index (κ3) is 2.66. The molecule has 3 rings (SSSR count). The Balaban J connectivity index is 2.01. The van der Waals surface area contributed by atoms with Crippen molar-refractivity contribution >= 4 is 6.09 Å². The molecule has 4 nitrogen and oxygen atoms in total. The summed E-state index contributed by atoms with van der Waals surface area (Å²) in [6, 6.07) is -0.559. The molecule has 110 valence electrons. The van der Waals surface area contributed by atoms with Crippen molar-refractivity contribution in [3.63, 3.8) is 0 Å². The number of aliphatic hydroxyl groups excluding tert-OH is 1. The maximum atomic E-state index is 12.5. The van der Waals surface area contributed by atoms with Crippen LogP contribution in [-0.4, -0.2) is 46.6 Å². The van der Waals surface area contributed by atoms with E-state index in [0.29, 0.717) is 6.42 Å². The van der Waals surface area contributed by atoms with Gasteiger partial charge in [0.05, 0.1) is 0 Å². The maximum absolute atomic E-state index is 12.5. The predicted octanol–water partition coefficient (Wildman–Crippen LogP) is 2.17. The molecule has 2 bridgehead atoms. The van der Waals surface area contributed by atoms with E-state index < -0.39 is 35.9 Å². The molecule has 2 heterocycles. The van der Waals surface area contributed by atoms with Crippen molar-refractivity contribution in [2.24, 2.45) is 11.8 Å². The van der Waals surface area contributed by atoms with Gasteiger partial charge in [0.25, 0.3) is 0 Å². The second-order valence-electron chi connectivity index (χ2n) is 6.26. The van der Waals surface area contributed by atoms with Crippen LogP contribution in [-0.2, 0) is 4.74 Å². The molecular formula is C12H18F3NO3. The zero-order valence-electron chi connectivity index (χ0n) is 11.1. The lowest BCUT2D eigenvalue weighted by Crippen LogP contribution is -2.52. The van der Waals surface area contributed by atoms with E-state index in [9.17, 15) is 23.1 Å². The molecule has 0 aromatic rings. The lowest BCUT2D eigenvalue weighted by atomic mass is 9.70. The standard InChI is InChI=1S/C12H18F3NO3/c1-11(2,3)19-10(18)16-5-6-4-7(16)8(6)9(17)12(13,14)15/h6-9,17H,4-5H2,1-3H3/t6-,7-,8?,9-/m0/s1. The zero-order chi connectivity index (χ0) is 14.6. The molecule has 0 aromatic heterocycles. The van der Waals surface area contributed by atoms with E-state index in [1.807, 2.05) is 0 Å². The van der Waals surface area contributed by atoms with Crippen LogP contribution in [0.1, 0.15) is 27.2 Å². The van der Waals surface area contributed by atoms with E-state index in [1.54, 1.807) is 20.8 Å². The number of amides is 1. The number of ether oxygens (including phenoxy) is 1. The first-order valence-electron chi connectivity index (χ1n) is 6.25. The highest BCUT2D eigenvalue weighted by molar-refractivity contribution is 5.69. The molecule has 0 aromatic carbocycles. The molecule has 7 heteroatoms. The first-order valence-corrected chi connectivity index (χ1v) is 6.25. The van der Waals surface area contributed by atoms with Crippen molar-refractivity contribution in [1.82, 2.24) is 4.90 Å². The number of hydrogen-bond acceptors (Lipinski definition) is 3.